The fourth-order valence-electron chi connectivity index (χ4n) is 4.64. The Labute approximate surface area is 194 Å². The van der Waals surface area contributed by atoms with Crippen LogP contribution in [0.4, 0.5) is 0 Å². The molecule has 1 amide bonds. The van der Waals surface area contributed by atoms with Gasteiger partial charge < -0.3 is 4.90 Å². The van der Waals surface area contributed by atoms with E-state index in [4.69, 9.17) is 16.6 Å². The molecule has 32 heavy (non-hydrogen) atoms. The number of halogens is 1. The Bertz CT molecular complexity index is 1150. The number of fused-ring (bicyclic) bond motifs is 1. The van der Waals surface area contributed by atoms with Crippen LogP contribution in [-0.4, -0.2) is 26.9 Å². The fraction of sp³-hybridized carbons (Fsp3) is 0.423. The number of para-hydroxylation sites is 1. The first-order valence-corrected chi connectivity index (χ1v) is 12.0. The third kappa shape index (κ3) is 4.44. The molecule has 1 aliphatic rings. The van der Waals surface area contributed by atoms with Crippen LogP contribution in [-0.2, 0) is 4.79 Å². The Morgan fingerprint density at radius 2 is 1.84 bits per heavy atom. The molecule has 1 atom stereocenters. The topological polar surface area (TPSA) is 55.2 Å². The molecule has 1 saturated carbocycles. The maximum atomic E-state index is 13.6. The van der Waals surface area contributed by atoms with E-state index in [9.17, 15) is 9.59 Å². The summed E-state index contributed by atoms with van der Waals surface area (Å²) >= 11 is 6.10. The number of hydrogen-bond acceptors (Lipinski definition) is 3. The van der Waals surface area contributed by atoms with Gasteiger partial charge in [-0.05, 0) is 62.6 Å². The zero-order valence-electron chi connectivity index (χ0n) is 18.8. The minimum absolute atomic E-state index is 0.0745. The summed E-state index contributed by atoms with van der Waals surface area (Å²) in [5.74, 6) is 0.845. The molecule has 0 aliphatic heterocycles. The van der Waals surface area contributed by atoms with Crippen LogP contribution in [0, 0.1) is 5.92 Å². The lowest BCUT2D eigenvalue weighted by atomic mass is 10.0. The molecule has 0 saturated heterocycles. The maximum Gasteiger partial charge on any atom is 0.266 e. The molecule has 168 valence electrons. The van der Waals surface area contributed by atoms with Crippen LogP contribution in [0.25, 0.3) is 16.6 Å². The predicted octanol–water partition coefficient (Wildman–Crippen LogP) is 5.92. The molecule has 0 N–H and O–H groups in total. The van der Waals surface area contributed by atoms with Crippen molar-refractivity contribution in [3.63, 3.8) is 0 Å². The van der Waals surface area contributed by atoms with Crippen molar-refractivity contribution >= 4 is 28.4 Å². The van der Waals surface area contributed by atoms with E-state index in [-0.39, 0.29) is 23.4 Å². The molecule has 5 nitrogen and oxygen atoms in total. The molecular formula is C26H30ClN3O2. The van der Waals surface area contributed by atoms with Crippen LogP contribution < -0.4 is 5.56 Å². The third-order valence-electron chi connectivity index (χ3n) is 6.47. The van der Waals surface area contributed by atoms with Gasteiger partial charge in [-0.2, -0.15) is 0 Å². The Balaban J connectivity index is 1.86. The van der Waals surface area contributed by atoms with Crippen molar-refractivity contribution in [1.29, 1.82) is 0 Å². The SMILES string of the molecule is CCCCN(C(=O)C1CCCC1)C(C)c1nc2ccccc2c(=O)n1-c1ccc(Cl)cc1. The van der Waals surface area contributed by atoms with Crippen molar-refractivity contribution in [3.8, 4) is 5.69 Å². The molecule has 0 bridgehead atoms. The standard InChI is InChI=1S/C26H30ClN3O2/c1-3-4-17-29(25(31)19-9-5-6-10-19)18(2)24-28-23-12-8-7-11-22(23)26(32)30(24)21-15-13-20(27)14-16-21/h7-8,11-16,18-19H,3-6,9-10,17H2,1-2H3. The number of unbranched alkanes of at least 4 members (excludes halogenated alkanes) is 1. The van der Waals surface area contributed by atoms with E-state index in [1.165, 1.54) is 0 Å². The highest BCUT2D eigenvalue weighted by Crippen LogP contribution is 2.31. The molecule has 1 fully saturated rings. The monoisotopic (exact) mass is 451 g/mol. The molecule has 6 heteroatoms. The lowest BCUT2D eigenvalue weighted by molar-refractivity contribution is -0.137. The van der Waals surface area contributed by atoms with Gasteiger partial charge in [0, 0.05) is 17.5 Å². The molecule has 1 aromatic heterocycles. The highest BCUT2D eigenvalue weighted by atomic mass is 35.5. The summed E-state index contributed by atoms with van der Waals surface area (Å²) in [5.41, 5.74) is 1.21. The van der Waals surface area contributed by atoms with Crippen molar-refractivity contribution in [2.45, 2.75) is 58.4 Å². The molecule has 4 rings (SSSR count). The highest BCUT2D eigenvalue weighted by molar-refractivity contribution is 6.30. The normalized spacial score (nSPS) is 15.2. The van der Waals surface area contributed by atoms with Crippen LogP contribution in [0.2, 0.25) is 5.02 Å². The number of nitrogens with zero attached hydrogens (tertiary/aromatic N) is 3. The lowest BCUT2D eigenvalue weighted by Gasteiger charge is -2.32. The van der Waals surface area contributed by atoms with E-state index in [1.54, 1.807) is 22.8 Å². The van der Waals surface area contributed by atoms with Gasteiger partial charge >= 0.3 is 0 Å². The average molecular weight is 452 g/mol. The summed E-state index contributed by atoms with van der Waals surface area (Å²) in [7, 11) is 0. The second-order valence-electron chi connectivity index (χ2n) is 8.65. The van der Waals surface area contributed by atoms with Crippen LogP contribution in [0.5, 0.6) is 0 Å². The quantitative estimate of drug-likeness (QED) is 0.448. The number of rotatable bonds is 7. The van der Waals surface area contributed by atoms with Crippen molar-refractivity contribution in [2.75, 3.05) is 6.54 Å². The van der Waals surface area contributed by atoms with Crippen LogP contribution in [0.15, 0.2) is 53.3 Å². The Morgan fingerprint density at radius 1 is 1.16 bits per heavy atom. The van der Waals surface area contributed by atoms with E-state index >= 15 is 0 Å². The Hall–Kier alpha value is -2.66. The first kappa shape index (κ1) is 22.5. The Kier molecular flexibility index (Phi) is 6.95. The van der Waals surface area contributed by atoms with Gasteiger partial charge in [-0.15, -0.1) is 0 Å². The largest absolute Gasteiger partial charge is 0.333 e. The van der Waals surface area contributed by atoms with E-state index in [1.807, 2.05) is 42.2 Å². The van der Waals surface area contributed by atoms with Gasteiger partial charge in [0.15, 0.2) is 0 Å². The number of benzene rings is 2. The molecule has 0 radical (unpaired) electrons. The number of hydrogen-bond donors (Lipinski definition) is 0. The molecule has 1 heterocycles. The zero-order chi connectivity index (χ0) is 22.7. The summed E-state index contributed by atoms with van der Waals surface area (Å²) in [6.45, 7) is 4.78. The second kappa shape index (κ2) is 9.86. The number of aromatic nitrogens is 2. The summed E-state index contributed by atoms with van der Waals surface area (Å²) in [6.07, 6.45) is 6.02. The van der Waals surface area contributed by atoms with Crippen molar-refractivity contribution in [2.24, 2.45) is 5.92 Å². The van der Waals surface area contributed by atoms with Gasteiger partial charge in [0.1, 0.15) is 5.82 Å². The lowest BCUT2D eigenvalue weighted by Crippen LogP contribution is -2.40. The van der Waals surface area contributed by atoms with Gasteiger partial charge in [-0.25, -0.2) is 4.98 Å². The van der Waals surface area contributed by atoms with Gasteiger partial charge in [0.2, 0.25) is 5.91 Å². The first-order chi connectivity index (χ1) is 15.5. The first-order valence-electron chi connectivity index (χ1n) is 11.6. The van der Waals surface area contributed by atoms with Gasteiger partial charge in [0.05, 0.1) is 22.6 Å². The van der Waals surface area contributed by atoms with Crippen LogP contribution >= 0.6 is 11.6 Å². The highest BCUT2D eigenvalue weighted by Gasteiger charge is 2.32. The zero-order valence-corrected chi connectivity index (χ0v) is 19.5. The summed E-state index contributed by atoms with van der Waals surface area (Å²) < 4.78 is 1.64. The number of amides is 1. The molecule has 0 spiro atoms. The third-order valence-corrected chi connectivity index (χ3v) is 6.72. The molecule has 1 unspecified atom stereocenters. The van der Waals surface area contributed by atoms with E-state index in [2.05, 4.69) is 6.92 Å². The van der Waals surface area contributed by atoms with Crippen molar-refractivity contribution < 1.29 is 4.79 Å². The minimum atomic E-state index is -0.331. The van der Waals surface area contributed by atoms with E-state index in [0.717, 1.165) is 38.5 Å². The van der Waals surface area contributed by atoms with Gasteiger partial charge in [0.25, 0.3) is 5.56 Å². The summed E-state index contributed by atoms with van der Waals surface area (Å²) in [4.78, 5) is 33.9. The average Bonchev–Trinajstić information content (AvgIpc) is 3.35. The number of carbonyl (C=O) groups excluding carboxylic acids is 1. The second-order valence-corrected chi connectivity index (χ2v) is 9.08. The van der Waals surface area contributed by atoms with E-state index < -0.39 is 0 Å². The van der Waals surface area contributed by atoms with Crippen LogP contribution in [0.3, 0.4) is 0 Å². The summed E-state index contributed by atoms with van der Waals surface area (Å²) in [6, 6.07) is 14.2. The minimum Gasteiger partial charge on any atom is -0.333 e. The smallest absolute Gasteiger partial charge is 0.266 e. The molecule has 2 aromatic carbocycles. The Morgan fingerprint density at radius 3 is 2.53 bits per heavy atom. The van der Waals surface area contributed by atoms with Gasteiger partial charge in [-0.3, -0.25) is 14.2 Å². The maximum absolute atomic E-state index is 13.6. The molecule has 3 aromatic rings. The molecular weight excluding hydrogens is 422 g/mol. The van der Waals surface area contributed by atoms with Crippen molar-refractivity contribution in [1.82, 2.24) is 14.5 Å². The summed E-state index contributed by atoms with van der Waals surface area (Å²) in [5, 5.41) is 1.16. The molecule has 1 aliphatic carbocycles. The van der Waals surface area contributed by atoms with Crippen molar-refractivity contribution in [3.05, 3.63) is 69.7 Å². The fourth-order valence-corrected chi connectivity index (χ4v) is 4.77. The number of carbonyl (C=O) groups is 1. The van der Waals surface area contributed by atoms with Crippen LogP contribution in [0.1, 0.15) is 64.2 Å². The van der Waals surface area contributed by atoms with E-state index in [0.29, 0.717) is 34.0 Å². The predicted molar refractivity (Wildman–Crippen MR) is 129 cm³/mol. The van der Waals surface area contributed by atoms with Gasteiger partial charge in [-0.1, -0.05) is 49.9 Å².